The second-order valence-electron chi connectivity index (χ2n) is 5.43. The molecule has 0 amide bonds. The third-order valence-electron chi connectivity index (χ3n) is 3.77. The molecule has 0 heterocycles. The molecule has 0 spiro atoms. The maximum Gasteiger partial charge on any atom is 0.387 e. The first-order valence-electron chi connectivity index (χ1n) is 8.19. The van der Waals surface area contributed by atoms with Crippen LogP contribution in [0.5, 0.6) is 5.75 Å². The van der Waals surface area contributed by atoms with E-state index in [2.05, 4.69) is 20.4 Å². The van der Waals surface area contributed by atoms with Crippen LogP contribution < -0.4 is 15.4 Å². The number of nitrogens with one attached hydrogen (secondary N) is 2. The van der Waals surface area contributed by atoms with Crippen molar-refractivity contribution in [2.75, 3.05) is 20.7 Å². The first-order valence-corrected chi connectivity index (χ1v) is 8.19. The summed E-state index contributed by atoms with van der Waals surface area (Å²) in [5, 5.41) is 6.26. The first-order chi connectivity index (χ1) is 12.6. The van der Waals surface area contributed by atoms with Crippen molar-refractivity contribution < 1.29 is 18.3 Å². The molecule has 0 saturated heterocycles. The second-order valence-corrected chi connectivity index (χ2v) is 5.43. The van der Waals surface area contributed by atoms with E-state index in [0.717, 1.165) is 5.56 Å². The van der Waals surface area contributed by atoms with Crippen molar-refractivity contribution in [1.82, 2.24) is 10.6 Å². The average Bonchev–Trinajstić information content (AvgIpc) is 2.66. The van der Waals surface area contributed by atoms with Crippen LogP contribution in [0.1, 0.15) is 17.2 Å². The summed E-state index contributed by atoms with van der Waals surface area (Å²) in [7, 11) is 3.29. The summed E-state index contributed by atoms with van der Waals surface area (Å²) < 4.78 is 35.0. The predicted molar refractivity (Wildman–Crippen MR) is 113 cm³/mol. The Morgan fingerprint density at radius 1 is 1.04 bits per heavy atom. The van der Waals surface area contributed by atoms with Gasteiger partial charge in [-0.25, -0.2) is 0 Å². The summed E-state index contributed by atoms with van der Waals surface area (Å²) >= 11 is 0. The van der Waals surface area contributed by atoms with E-state index in [0.29, 0.717) is 24.6 Å². The highest BCUT2D eigenvalue weighted by Crippen LogP contribution is 2.20. The van der Waals surface area contributed by atoms with Crippen molar-refractivity contribution in [2.24, 2.45) is 4.99 Å². The van der Waals surface area contributed by atoms with Crippen LogP contribution in [0.2, 0.25) is 0 Å². The van der Waals surface area contributed by atoms with Gasteiger partial charge in [0.25, 0.3) is 0 Å². The number of aliphatic imine (C=N–C) groups is 1. The van der Waals surface area contributed by atoms with E-state index in [1.54, 1.807) is 32.4 Å². The molecule has 1 atom stereocenters. The number of benzene rings is 2. The van der Waals surface area contributed by atoms with Crippen LogP contribution >= 0.6 is 24.0 Å². The van der Waals surface area contributed by atoms with Crippen molar-refractivity contribution in [2.45, 2.75) is 19.3 Å². The molecule has 5 nitrogen and oxygen atoms in total. The fourth-order valence-electron chi connectivity index (χ4n) is 2.45. The van der Waals surface area contributed by atoms with Crippen LogP contribution in [0, 0.1) is 0 Å². The smallest absolute Gasteiger partial charge is 0.387 e. The minimum atomic E-state index is -2.86. The van der Waals surface area contributed by atoms with Gasteiger partial charge in [0.1, 0.15) is 5.75 Å². The van der Waals surface area contributed by atoms with Gasteiger partial charge in [0, 0.05) is 32.8 Å². The van der Waals surface area contributed by atoms with Crippen LogP contribution in [0.3, 0.4) is 0 Å². The highest BCUT2D eigenvalue weighted by molar-refractivity contribution is 14.0. The van der Waals surface area contributed by atoms with Crippen molar-refractivity contribution >= 4 is 29.9 Å². The zero-order valence-electron chi connectivity index (χ0n) is 15.2. The third-order valence-corrected chi connectivity index (χ3v) is 3.77. The number of hydrogen-bond donors (Lipinski definition) is 2. The fraction of sp³-hybridized carbons (Fsp3) is 0.316. The Hall–Kier alpha value is -1.94. The lowest BCUT2D eigenvalue weighted by atomic mass is 10.1. The van der Waals surface area contributed by atoms with Crippen LogP contribution in [-0.4, -0.2) is 33.3 Å². The summed E-state index contributed by atoms with van der Waals surface area (Å²) in [5.74, 6) is 0.680. The van der Waals surface area contributed by atoms with Gasteiger partial charge in [-0.15, -0.1) is 24.0 Å². The zero-order chi connectivity index (χ0) is 18.8. The Bertz CT molecular complexity index is 702. The maximum absolute atomic E-state index is 12.5. The standard InChI is InChI=1S/C19H23F2N3O2.HI/c1-22-19(24-13-17(25-2)14-8-4-3-5-9-14)23-12-15-10-6-7-11-16(15)26-18(20)21;/h3-11,17-18H,12-13H2,1-2H3,(H2,22,23,24);1H. The zero-order valence-corrected chi connectivity index (χ0v) is 17.5. The molecule has 148 valence electrons. The largest absolute Gasteiger partial charge is 0.434 e. The number of halogens is 3. The molecule has 8 heteroatoms. The molecule has 0 fully saturated rings. The lowest BCUT2D eigenvalue weighted by Gasteiger charge is -2.19. The number of guanidine groups is 1. The minimum Gasteiger partial charge on any atom is -0.434 e. The van der Waals surface area contributed by atoms with E-state index in [1.165, 1.54) is 6.07 Å². The SMILES string of the molecule is CN=C(NCc1ccccc1OC(F)F)NCC(OC)c1ccccc1.I. The monoisotopic (exact) mass is 491 g/mol. The summed E-state index contributed by atoms with van der Waals surface area (Å²) in [6.45, 7) is -2.05. The van der Waals surface area contributed by atoms with Crippen LogP contribution in [0.4, 0.5) is 8.78 Å². The molecule has 2 N–H and O–H groups in total. The van der Waals surface area contributed by atoms with Gasteiger partial charge in [-0.3, -0.25) is 4.99 Å². The average molecular weight is 491 g/mol. The number of ether oxygens (including phenoxy) is 2. The first kappa shape index (κ1) is 23.1. The van der Waals surface area contributed by atoms with Gasteiger partial charge in [0.15, 0.2) is 5.96 Å². The lowest BCUT2D eigenvalue weighted by molar-refractivity contribution is -0.0504. The van der Waals surface area contributed by atoms with Gasteiger partial charge in [0.05, 0.1) is 6.10 Å². The molecule has 0 aromatic heterocycles. The van der Waals surface area contributed by atoms with E-state index < -0.39 is 6.61 Å². The molecule has 27 heavy (non-hydrogen) atoms. The fourth-order valence-corrected chi connectivity index (χ4v) is 2.45. The summed E-state index contributed by atoms with van der Waals surface area (Å²) in [4.78, 5) is 4.14. The summed E-state index contributed by atoms with van der Waals surface area (Å²) in [6.07, 6.45) is -0.135. The predicted octanol–water partition coefficient (Wildman–Crippen LogP) is 3.96. The maximum atomic E-state index is 12.5. The molecule has 0 bridgehead atoms. The van der Waals surface area contributed by atoms with Crippen molar-refractivity contribution in [1.29, 1.82) is 0 Å². The van der Waals surface area contributed by atoms with E-state index in [-0.39, 0.29) is 35.8 Å². The van der Waals surface area contributed by atoms with Gasteiger partial charge in [-0.2, -0.15) is 8.78 Å². The Morgan fingerprint density at radius 2 is 1.70 bits per heavy atom. The Labute approximate surface area is 175 Å². The molecule has 2 aromatic carbocycles. The molecular weight excluding hydrogens is 467 g/mol. The van der Waals surface area contributed by atoms with E-state index in [1.807, 2.05) is 30.3 Å². The van der Waals surface area contributed by atoms with Crippen LogP contribution in [0.25, 0.3) is 0 Å². The second kappa shape index (κ2) is 12.4. The Morgan fingerprint density at radius 3 is 2.33 bits per heavy atom. The number of alkyl halides is 2. The van der Waals surface area contributed by atoms with Crippen molar-refractivity contribution in [3.05, 3.63) is 65.7 Å². The van der Waals surface area contributed by atoms with Gasteiger partial charge >= 0.3 is 6.61 Å². The van der Waals surface area contributed by atoms with Crippen molar-refractivity contribution in [3.63, 3.8) is 0 Å². The molecule has 2 aromatic rings. The number of hydrogen-bond acceptors (Lipinski definition) is 3. The molecule has 0 aliphatic carbocycles. The third kappa shape index (κ3) is 7.67. The molecule has 0 aliphatic heterocycles. The quantitative estimate of drug-likeness (QED) is 0.334. The summed E-state index contributed by atoms with van der Waals surface area (Å²) in [6, 6.07) is 16.5. The number of para-hydroxylation sites is 1. The normalized spacial score (nSPS) is 12.3. The Kier molecular flexibility index (Phi) is 10.6. The molecular formula is C19H24F2IN3O2. The van der Waals surface area contributed by atoms with Gasteiger partial charge in [-0.05, 0) is 11.6 Å². The number of methoxy groups -OCH3 is 1. The minimum absolute atomic E-state index is 0. The molecule has 0 aliphatic rings. The topological polar surface area (TPSA) is 54.9 Å². The molecule has 1 unspecified atom stereocenters. The lowest BCUT2D eigenvalue weighted by Crippen LogP contribution is -2.39. The van der Waals surface area contributed by atoms with Crippen LogP contribution in [0.15, 0.2) is 59.6 Å². The number of nitrogens with zero attached hydrogens (tertiary/aromatic N) is 1. The molecule has 2 rings (SSSR count). The van der Waals surface area contributed by atoms with Crippen molar-refractivity contribution in [3.8, 4) is 5.75 Å². The highest BCUT2D eigenvalue weighted by atomic mass is 127. The van der Waals surface area contributed by atoms with Gasteiger partial charge < -0.3 is 20.1 Å². The highest BCUT2D eigenvalue weighted by Gasteiger charge is 2.12. The number of rotatable bonds is 8. The van der Waals surface area contributed by atoms with Gasteiger partial charge in [-0.1, -0.05) is 48.5 Å². The van der Waals surface area contributed by atoms with Crippen LogP contribution in [-0.2, 0) is 11.3 Å². The van der Waals surface area contributed by atoms with E-state index >= 15 is 0 Å². The van der Waals surface area contributed by atoms with Gasteiger partial charge in [0.2, 0.25) is 0 Å². The Balaban J connectivity index is 0.00000364. The molecule has 0 radical (unpaired) electrons. The molecule has 0 saturated carbocycles. The summed E-state index contributed by atoms with van der Waals surface area (Å²) in [5.41, 5.74) is 1.66. The van der Waals surface area contributed by atoms with E-state index in [4.69, 9.17) is 4.74 Å². The van der Waals surface area contributed by atoms with E-state index in [9.17, 15) is 8.78 Å².